The highest BCUT2D eigenvalue weighted by Crippen LogP contribution is 2.47. The number of fused-ring (bicyclic) bond motifs is 14. The summed E-state index contributed by atoms with van der Waals surface area (Å²) in [6, 6.07) is 65.5. The zero-order valence-electron chi connectivity index (χ0n) is 42.1. The molecule has 16 rings (SSSR count). The zero-order chi connectivity index (χ0) is 48.9. The van der Waals surface area contributed by atoms with Crippen molar-refractivity contribution in [3.8, 4) is 45.1 Å². The van der Waals surface area contributed by atoms with E-state index in [1.54, 1.807) is 0 Å². The minimum atomic E-state index is -0.0686. The molecule has 4 aliphatic rings. The maximum atomic E-state index is 7.58. The number of hydrogen-bond donors (Lipinski definition) is 0. The summed E-state index contributed by atoms with van der Waals surface area (Å²) in [5.41, 5.74) is 32.3. The van der Waals surface area contributed by atoms with Crippen molar-refractivity contribution in [2.45, 2.75) is 48.5 Å². The molecule has 6 heterocycles. The molecule has 344 valence electrons. The Labute approximate surface area is 425 Å². The molecule has 0 saturated heterocycles. The van der Waals surface area contributed by atoms with Crippen LogP contribution in [0.5, 0.6) is 11.5 Å². The van der Waals surface area contributed by atoms with E-state index in [0.717, 1.165) is 28.4 Å². The standard InChI is InChI=1S/C67H49B2N3O/c1-36-8-17-43(18-9-36)45-30-58-64-59(31-45)71-56-25-15-40(5)27-50(56)51-28-41(6)29-54(66(51)71)68(64)52-34-53-61(35-57(52)70(58)47-21-12-38(3)13-22-47)73-62-33-46(44-19-10-37(2)11-20-44)32-60-65(62)69(53)63-42(7)16-23-48-49-26-39(4)14-24-55(49)72(60)67(48)63/h8-35H,1-7H3. The molecular weight excluding hydrogens is 884 g/mol. The van der Waals surface area contributed by atoms with Gasteiger partial charge in [0, 0.05) is 67.1 Å². The fraction of sp³-hybridized carbons (Fsp3) is 0.104. The molecule has 0 amide bonds. The SMILES string of the molecule is Cc1ccc(-c2cc3c4c(c2)-n2c5ccc(C)cc5c5ccc(C)c(c52)B4c2cc4c(cc2O3)N(c2ccc(C)cc2)c2cc(-c3ccc(C)cc3)cc3c2B4c2cc(C)cc4c5cc(C)ccc5n-3c24)cc1. The third-order valence-electron chi connectivity index (χ3n) is 17.0. The van der Waals surface area contributed by atoms with Crippen LogP contribution in [0.25, 0.3) is 77.2 Å². The fourth-order valence-electron chi connectivity index (χ4n) is 13.7. The first kappa shape index (κ1) is 41.2. The fourth-order valence-corrected chi connectivity index (χ4v) is 13.7. The predicted octanol–water partition coefficient (Wildman–Crippen LogP) is 12.9. The van der Waals surface area contributed by atoms with Crippen molar-refractivity contribution in [3.63, 3.8) is 0 Å². The van der Waals surface area contributed by atoms with Crippen molar-refractivity contribution >= 4 is 107 Å². The van der Waals surface area contributed by atoms with Crippen LogP contribution in [0.15, 0.2) is 170 Å². The molecule has 10 aromatic carbocycles. The second-order valence-electron chi connectivity index (χ2n) is 21.8. The molecule has 0 bridgehead atoms. The lowest BCUT2D eigenvalue weighted by atomic mass is 9.30. The molecule has 0 aliphatic carbocycles. The summed E-state index contributed by atoms with van der Waals surface area (Å²) >= 11 is 0. The van der Waals surface area contributed by atoms with Crippen LogP contribution < -0.4 is 42.4 Å². The van der Waals surface area contributed by atoms with Crippen LogP contribution in [0.4, 0.5) is 17.1 Å². The van der Waals surface area contributed by atoms with Gasteiger partial charge in [0.2, 0.25) is 0 Å². The van der Waals surface area contributed by atoms with E-state index in [9.17, 15) is 0 Å². The van der Waals surface area contributed by atoms with Gasteiger partial charge in [-0.2, -0.15) is 0 Å². The average molecular weight is 934 g/mol. The van der Waals surface area contributed by atoms with Crippen LogP contribution in [0, 0.1) is 48.5 Å². The van der Waals surface area contributed by atoms with Gasteiger partial charge in [0.25, 0.3) is 13.4 Å². The Hall–Kier alpha value is -8.47. The molecule has 0 fully saturated rings. The molecule has 0 unspecified atom stereocenters. The van der Waals surface area contributed by atoms with Gasteiger partial charge in [-0.15, -0.1) is 0 Å². The minimum Gasteiger partial charge on any atom is -0.458 e. The molecule has 0 spiro atoms. The van der Waals surface area contributed by atoms with Crippen LogP contribution in [-0.4, -0.2) is 22.6 Å². The first-order valence-corrected chi connectivity index (χ1v) is 25.9. The third kappa shape index (κ3) is 5.53. The van der Waals surface area contributed by atoms with Gasteiger partial charge in [-0.05, 0) is 170 Å². The van der Waals surface area contributed by atoms with Crippen LogP contribution in [0.1, 0.15) is 38.9 Å². The van der Waals surface area contributed by atoms with Crippen LogP contribution in [0.2, 0.25) is 0 Å². The van der Waals surface area contributed by atoms with Crippen molar-refractivity contribution in [2.24, 2.45) is 0 Å². The number of rotatable bonds is 3. The van der Waals surface area contributed by atoms with E-state index in [0.29, 0.717) is 0 Å². The van der Waals surface area contributed by atoms with E-state index >= 15 is 0 Å². The van der Waals surface area contributed by atoms with Crippen molar-refractivity contribution in [1.82, 2.24) is 9.13 Å². The van der Waals surface area contributed by atoms with Crippen molar-refractivity contribution in [2.75, 3.05) is 4.90 Å². The number of benzene rings is 10. The van der Waals surface area contributed by atoms with Gasteiger partial charge in [-0.3, -0.25) is 0 Å². The van der Waals surface area contributed by atoms with Gasteiger partial charge in [0.05, 0.1) is 11.0 Å². The van der Waals surface area contributed by atoms with Crippen molar-refractivity contribution in [3.05, 3.63) is 209 Å². The highest BCUT2D eigenvalue weighted by Gasteiger charge is 2.47. The molecule has 2 aromatic heterocycles. The first-order valence-electron chi connectivity index (χ1n) is 25.9. The van der Waals surface area contributed by atoms with Gasteiger partial charge in [-0.25, -0.2) is 0 Å². The lowest BCUT2D eigenvalue weighted by Crippen LogP contribution is -2.64. The number of hydrogen-bond acceptors (Lipinski definition) is 2. The average Bonchev–Trinajstić information content (AvgIpc) is 4.00. The molecule has 0 radical (unpaired) electrons. The summed E-state index contributed by atoms with van der Waals surface area (Å²) in [5.74, 6) is 1.83. The van der Waals surface area contributed by atoms with Gasteiger partial charge in [0.15, 0.2) is 0 Å². The number of anilines is 3. The molecule has 6 heteroatoms. The quantitative estimate of drug-likeness (QED) is 0.165. The number of nitrogens with zero attached hydrogens (tertiary/aromatic N) is 3. The minimum absolute atomic E-state index is 0.0564. The maximum absolute atomic E-state index is 7.58. The largest absolute Gasteiger partial charge is 0.458 e. The Morgan fingerprint density at radius 2 is 0.890 bits per heavy atom. The number of aryl methyl sites for hydroxylation is 7. The smallest absolute Gasteiger partial charge is 0.256 e. The highest BCUT2D eigenvalue weighted by atomic mass is 16.5. The van der Waals surface area contributed by atoms with Gasteiger partial charge in [0.1, 0.15) is 11.5 Å². The van der Waals surface area contributed by atoms with Crippen molar-refractivity contribution < 1.29 is 4.74 Å². The van der Waals surface area contributed by atoms with E-state index in [2.05, 4.69) is 232 Å². The Balaban J connectivity index is 1.04. The van der Waals surface area contributed by atoms with Gasteiger partial charge < -0.3 is 18.8 Å². The molecule has 4 aliphatic heterocycles. The van der Waals surface area contributed by atoms with E-state index in [-0.39, 0.29) is 13.4 Å². The van der Waals surface area contributed by atoms with Crippen LogP contribution >= 0.6 is 0 Å². The summed E-state index contributed by atoms with van der Waals surface area (Å²) in [6.07, 6.45) is 0. The van der Waals surface area contributed by atoms with E-state index in [4.69, 9.17) is 4.74 Å². The maximum Gasteiger partial charge on any atom is 0.256 e. The van der Waals surface area contributed by atoms with E-state index in [1.807, 2.05) is 0 Å². The molecule has 73 heavy (non-hydrogen) atoms. The number of ether oxygens (including phenoxy) is 1. The second kappa shape index (κ2) is 14.4. The van der Waals surface area contributed by atoms with E-state index < -0.39 is 0 Å². The Morgan fingerprint density at radius 1 is 0.329 bits per heavy atom. The zero-order valence-corrected chi connectivity index (χ0v) is 42.1. The highest BCUT2D eigenvalue weighted by molar-refractivity contribution is 7.02. The Morgan fingerprint density at radius 3 is 1.56 bits per heavy atom. The van der Waals surface area contributed by atoms with Crippen LogP contribution in [0.3, 0.4) is 0 Å². The number of aromatic nitrogens is 2. The predicted molar refractivity (Wildman–Crippen MR) is 310 cm³/mol. The molecule has 0 atom stereocenters. The normalized spacial score (nSPS) is 13.4. The molecule has 4 nitrogen and oxygen atoms in total. The third-order valence-corrected chi connectivity index (χ3v) is 17.0. The second-order valence-corrected chi connectivity index (χ2v) is 21.8. The Kier molecular flexibility index (Phi) is 8.10. The summed E-state index contributed by atoms with van der Waals surface area (Å²) in [5, 5.41) is 5.19. The van der Waals surface area contributed by atoms with Crippen molar-refractivity contribution in [1.29, 1.82) is 0 Å². The Bertz CT molecular complexity index is 4480. The monoisotopic (exact) mass is 933 g/mol. The molecule has 12 aromatic rings. The summed E-state index contributed by atoms with van der Waals surface area (Å²) in [6.45, 7) is 15.4. The summed E-state index contributed by atoms with van der Waals surface area (Å²) < 4.78 is 12.7. The lowest BCUT2D eigenvalue weighted by Gasteiger charge is -2.42. The summed E-state index contributed by atoms with van der Waals surface area (Å²) in [7, 11) is 0. The molecule has 0 saturated carbocycles. The summed E-state index contributed by atoms with van der Waals surface area (Å²) in [4.78, 5) is 2.55. The van der Waals surface area contributed by atoms with Gasteiger partial charge in [-0.1, -0.05) is 136 Å². The lowest BCUT2D eigenvalue weighted by molar-refractivity contribution is 0.487. The van der Waals surface area contributed by atoms with Gasteiger partial charge >= 0.3 is 0 Å². The molecule has 0 N–H and O–H groups in total. The van der Waals surface area contributed by atoms with E-state index in [1.165, 1.54) is 149 Å². The first-order chi connectivity index (χ1) is 35.5. The topological polar surface area (TPSA) is 22.3 Å². The molecular formula is C67H49B2N3O. The van der Waals surface area contributed by atoms with Crippen LogP contribution in [-0.2, 0) is 0 Å².